The van der Waals surface area contributed by atoms with E-state index in [4.69, 9.17) is 0 Å². The molecule has 142 valence electrons. The molecule has 0 aliphatic heterocycles. The lowest BCUT2D eigenvalue weighted by molar-refractivity contribution is 0.627. The van der Waals surface area contributed by atoms with Crippen molar-refractivity contribution in [1.82, 2.24) is 30.3 Å². The third-order valence-corrected chi connectivity index (χ3v) is 4.40. The molecule has 4 aromatic rings. The van der Waals surface area contributed by atoms with Crippen molar-refractivity contribution in [3.63, 3.8) is 0 Å². The lowest BCUT2D eigenvalue weighted by Gasteiger charge is -1.99. The lowest BCUT2D eigenvalue weighted by Crippen LogP contribution is -2.10. The predicted octanol–water partition coefficient (Wildman–Crippen LogP) is 3.53. The molecule has 0 bridgehead atoms. The molecule has 28 heavy (non-hydrogen) atoms. The fourth-order valence-corrected chi connectivity index (χ4v) is 2.95. The monoisotopic (exact) mass is 380 g/mol. The number of nitrogens with one attached hydrogen (secondary N) is 2. The molecule has 0 fully saturated rings. The van der Waals surface area contributed by atoms with Gasteiger partial charge in [-0.2, -0.15) is 10.2 Å². The van der Waals surface area contributed by atoms with Crippen LogP contribution in [0.25, 0.3) is 34.4 Å². The molecule has 2 aromatic heterocycles. The van der Waals surface area contributed by atoms with E-state index in [1.807, 2.05) is 13.1 Å². The molecule has 0 saturated heterocycles. The molecule has 0 amide bonds. The Balaban J connectivity index is 1.74. The average molecular weight is 380 g/mol. The van der Waals surface area contributed by atoms with Gasteiger partial charge in [-0.1, -0.05) is 18.2 Å². The van der Waals surface area contributed by atoms with E-state index < -0.39 is 5.82 Å². The fourth-order valence-electron chi connectivity index (χ4n) is 2.95. The van der Waals surface area contributed by atoms with Crippen LogP contribution in [0.15, 0.2) is 36.4 Å². The van der Waals surface area contributed by atoms with E-state index in [2.05, 4.69) is 25.6 Å². The maximum Gasteiger partial charge on any atom is 0.181 e. The van der Waals surface area contributed by atoms with Crippen molar-refractivity contribution in [1.29, 1.82) is 0 Å². The van der Waals surface area contributed by atoms with Gasteiger partial charge in [0.1, 0.15) is 23.0 Å². The van der Waals surface area contributed by atoms with Crippen molar-refractivity contribution >= 4 is 23.1 Å². The van der Waals surface area contributed by atoms with Gasteiger partial charge >= 0.3 is 0 Å². The molecule has 0 spiro atoms. The Morgan fingerprint density at radius 2 is 1.93 bits per heavy atom. The number of aryl methyl sites for hydroxylation is 1. The second kappa shape index (κ2) is 7.32. The number of hydrogen-bond acceptors (Lipinski definition) is 4. The van der Waals surface area contributed by atoms with Gasteiger partial charge in [0, 0.05) is 18.0 Å². The van der Waals surface area contributed by atoms with Gasteiger partial charge in [0.2, 0.25) is 0 Å². The standard InChI is InChI=1S/C20H18F2N6/c1-23-11-18-24-20(27-28(18)2)13-9-15-17(25-26-19(15)16(22)10-13)8-5-12-3-6-14(21)7-4-12/h3-10,23H,11H2,1-2H3,(H,25,26). The summed E-state index contributed by atoms with van der Waals surface area (Å²) in [7, 11) is 3.62. The zero-order valence-electron chi connectivity index (χ0n) is 15.4. The molecule has 0 atom stereocenters. The van der Waals surface area contributed by atoms with Crippen molar-refractivity contribution in [2.75, 3.05) is 7.05 Å². The number of aromatic amines is 1. The summed E-state index contributed by atoms with van der Waals surface area (Å²) in [5.41, 5.74) is 2.28. The Labute approximate surface area is 159 Å². The van der Waals surface area contributed by atoms with Crippen molar-refractivity contribution in [3.05, 3.63) is 65.1 Å². The largest absolute Gasteiger partial charge is 0.313 e. The first kappa shape index (κ1) is 18.0. The number of aromatic nitrogens is 5. The van der Waals surface area contributed by atoms with E-state index in [0.29, 0.717) is 34.5 Å². The van der Waals surface area contributed by atoms with Gasteiger partial charge in [0.25, 0.3) is 0 Å². The molecule has 0 saturated carbocycles. The summed E-state index contributed by atoms with van der Waals surface area (Å²) in [6, 6.07) is 9.30. The van der Waals surface area contributed by atoms with Crippen molar-refractivity contribution < 1.29 is 8.78 Å². The second-order valence-electron chi connectivity index (χ2n) is 6.38. The summed E-state index contributed by atoms with van der Waals surface area (Å²) >= 11 is 0. The van der Waals surface area contributed by atoms with Gasteiger partial charge in [-0.15, -0.1) is 0 Å². The van der Waals surface area contributed by atoms with Crippen LogP contribution in [0, 0.1) is 11.6 Å². The quantitative estimate of drug-likeness (QED) is 0.556. The van der Waals surface area contributed by atoms with Crippen molar-refractivity contribution in [2.45, 2.75) is 6.54 Å². The molecule has 0 unspecified atom stereocenters. The Morgan fingerprint density at radius 3 is 2.68 bits per heavy atom. The predicted molar refractivity (Wildman–Crippen MR) is 104 cm³/mol. The minimum Gasteiger partial charge on any atom is -0.313 e. The van der Waals surface area contributed by atoms with Crippen LogP contribution in [-0.4, -0.2) is 32.0 Å². The molecule has 2 heterocycles. The molecule has 2 aromatic carbocycles. The van der Waals surface area contributed by atoms with E-state index in [1.54, 1.807) is 36.0 Å². The van der Waals surface area contributed by atoms with Crippen molar-refractivity contribution in [3.8, 4) is 11.4 Å². The molecule has 2 N–H and O–H groups in total. The van der Waals surface area contributed by atoms with Crippen LogP contribution in [0.5, 0.6) is 0 Å². The van der Waals surface area contributed by atoms with Crippen LogP contribution < -0.4 is 5.32 Å². The maximum atomic E-state index is 14.6. The molecular weight excluding hydrogens is 362 g/mol. The van der Waals surface area contributed by atoms with E-state index in [0.717, 1.165) is 11.4 Å². The van der Waals surface area contributed by atoms with Gasteiger partial charge in [0.05, 0.1) is 12.2 Å². The smallest absolute Gasteiger partial charge is 0.181 e. The Kier molecular flexibility index (Phi) is 4.70. The van der Waals surface area contributed by atoms with Crippen LogP contribution in [0.4, 0.5) is 8.78 Å². The van der Waals surface area contributed by atoms with Gasteiger partial charge in [-0.3, -0.25) is 9.78 Å². The lowest BCUT2D eigenvalue weighted by atomic mass is 10.1. The Hall–Kier alpha value is -3.39. The Bertz CT molecular complexity index is 1160. The number of benzene rings is 2. The van der Waals surface area contributed by atoms with E-state index >= 15 is 0 Å². The number of hydrogen-bond donors (Lipinski definition) is 2. The molecule has 0 aliphatic rings. The molecule has 8 heteroatoms. The number of rotatable bonds is 5. The van der Waals surface area contributed by atoms with Gasteiger partial charge in [0.15, 0.2) is 5.82 Å². The third-order valence-electron chi connectivity index (χ3n) is 4.40. The summed E-state index contributed by atoms with van der Waals surface area (Å²) in [5, 5.41) is 14.9. The van der Waals surface area contributed by atoms with E-state index in [9.17, 15) is 8.78 Å². The SMILES string of the molecule is CNCc1nc(-c2cc(F)c3[nH]nc(C=Cc4ccc(F)cc4)c3c2)nn1C. The molecule has 4 rings (SSSR count). The molecule has 0 aliphatic carbocycles. The summed E-state index contributed by atoms with van der Waals surface area (Å²) in [5.74, 6) is 0.475. The molecule has 6 nitrogen and oxygen atoms in total. The normalized spacial score (nSPS) is 11.7. The van der Waals surface area contributed by atoms with Gasteiger partial charge in [-0.05, 0) is 43.0 Å². The van der Waals surface area contributed by atoms with Crippen LogP contribution >= 0.6 is 0 Å². The number of fused-ring (bicyclic) bond motifs is 1. The maximum absolute atomic E-state index is 14.6. The first-order valence-corrected chi connectivity index (χ1v) is 8.71. The summed E-state index contributed by atoms with van der Waals surface area (Å²) in [6.45, 7) is 0.561. The van der Waals surface area contributed by atoms with Gasteiger partial charge < -0.3 is 5.32 Å². The fraction of sp³-hybridized carbons (Fsp3) is 0.150. The first-order valence-electron chi connectivity index (χ1n) is 8.71. The van der Waals surface area contributed by atoms with Crippen molar-refractivity contribution in [2.24, 2.45) is 7.05 Å². The Morgan fingerprint density at radius 1 is 1.14 bits per heavy atom. The average Bonchev–Trinajstić information content (AvgIpc) is 3.26. The highest BCUT2D eigenvalue weighted by Crippen LogP contribution is 2.27. The highest BCUT2D eigenvalue weighted by Gasteiger charge is 2.15. The zero-order chi connectivity index (χ0) is 19.7. The van der Waals surface area contributed by atoms with Crippen LogP contribution in [-0.2, 0) is 13.6 Å². The third kappa shape index (κ3) is 3.41. The highest BCUT2D eigenvalue weighted by atomic mass is 19.1. The van der Waals surface area contributed by atoms with Crippen LogP contribution in [0.3, 0.4) is 0 Å². The topological polar surface area (TPSA) is 71.4 Å². The van der Waals surface area contributed by atoms with E-state index in [-0.39, 0.29) is 5.82 Å². The summed E-state index contributed by atoms with van der Waals surface area (Å²) in [4.78, 5) is 4.47. The highest BCUT2D eigenvalue weighted by molar-refractivity contribution is 5.92. The molecular formula is C20H18F2N6. The second-order valence-corrected chi connectivity index (χ2v) is 6.38. The zero-order valence-corrected chi connectivity index (χ0v) is 15.4. The number of nitrogens with zero attached hydrogens (tertiary/aromatic N) is 4. The number of halogens is 2. The summed E-state index contributed by atoms with van der Waals surface area (Å²) < 4.78 is 29.3. The first-order chi connectivity index (χ1) is 13.5. The van der Waals surface area contributed by atoms with E-state index in [1.165, 1.54) is 18.2 Å². The minimum absolute atomic E-state index is 0.297. The van der Waals surface area contributed by atoms with Gasteiger partial charge in [-0.25, -0.2) is 13.8 Å². The minimum atomic E-state index is -0.427. The van der Waals surface area contributed by atoms with Crippen LogP contribution in [0.2, 0.25) is 0 Å². The summed E-state index contributed by atoms with van der Waals surface area (Å²) in [6.07, 6.45) is 3.55. The van der Waals surface area contributed by atoms with Crippen LogP contribution in [0.1, 0.15) is 17.1 Å². The number of H-pyrrole nitrogens is 1. The molecule has 0 radical (unpaired) electrons.